The highest BCUT2D eigenvalue weighted by Gasteiger charge is 2.20. The van der Waals surface area contributed by atoms with Crippen molar-refractivity contribution >= 4 is 0 Å². The van der Waals surface area contributed by atoms with E-state index in [2.05, 4.69) is 5.92 Å². The lowest BCUT2D eigenvalue weighted by Gasteiger charge is -2.20. The first kappa shape index (κ1) is 9.57. The summed E-state index contributed by atoms with van der Waals surface area (Å²) in [6.07, 6.45) is 11.2. The summed E-state index contributed by atoms with van der Waals surface area (Å²) < 4.78 is 5.46. The molecule has 0 aromatic carbocycles. The summed E-state index contributed by atoms with van der Waals surface area (Å²) in [4.78, 5) is 0. The Hall–Kier alpha value is -0.520. The Labute approximate surface area is 74.5 Å². The molecule has 2 N–H and O–H groups in total. The van der Waals surface area contributed by atoms with E-state index in [4.69, 9.17) is 16.9 Å². The van der Waals surface area contributed by atoms with Crippen LogP contribution in [0.15, 0.2) is 0 Å². The van der Waals surface area contributed by atoms with Gasteiger partial charge in [0.05, 0.1) is 6.10 Å². The Morgan fingerprint density at radius 2 is 2.08 bits per heavy atom. The highest BCUT2D eigenvalue weighted by molar-refractivity contribution is 4.85. The topological polar surface area (TPSA) is 35.2 Å². The van der Waals surface area contributed by atoms with E-state index >= 15 is 0 Å². The Morgan fingerprint density at radius 3 is 2.83 bits per heavy atom. The second-order valence-corrected chi connectivity index (χ2v) is 3.36. The quantitative estimate of drug-likeness (QED) is 0.497. The van der Waals surface area contributed by atoms with Gasteiger partial charge in [0.25, 0.3) is 0 Å². The molecule has 0 bridgehead atoms. The molecule has 68 valence electrons. The molecule has 12 heavy (non-hydrogen) atoms. The first-order chi connectivity index (χ1) is 5.84. The normalized spacial score (nSPS) is 30.7. The zero-order chi connectivity index (χ0) is 8.81. The maximum Gasteiger partial charge on any atom is 0.107 e. The van der Waals surface area contributed by atoms with Gasteiger partial charge < -0.3 is 10.5 Å². The molecule has 2 atom stereocenters. The van der Waals surface area contributed by atoms with Gasteiger partial charge in [-0.25, -0.2) is 0 Å². The molecule has 0 aliphatic heterocycles. The average molecular weight is 167 g/mol. The minimum Gasteiger partial charge on any atom is -0.364 e. The van der Waals surface area contributed by atoms with Crippen LogP contribution in [0.25, 0.3) is 0 Å². The van der Waals surface area contributed by atoms with Crippen molar-refractivity contribution in [2.24, 2.45) is 5.73 Å². The van der Waals surface area contributed by atoms with Crippen LogP contribution in [0, 0.1) is 12.3 Å². The van der Waals surface area contributed by atoms with Crippen molar-refractivity contribution < 1.29 is 4.74 Å². The van der Waals surface area contributed by atoms with Gasteiger partial charge in [-0.15, -0.1) is 6.42 Å². The molecule has 0 radical (unpaired) electrons. The molecular formula is C10H17NO. The predicted octanol–water partition coefficient (Wildman–Crippen LogP) is 1.30. The standard InChI is InChI=1S/C10H17NO/c1-2-8-12-10-7-5-3-4-6-9(10)11/h1,9-10H,3-8,11H2. The van der Waals surface area contributed by atoms with Crippen molar-refractivity contribution in [2.75, 3.05) is 6.61 Å². The molecule has 0 aromatic rings. The maximum absolute atomic E-state index is 5.93. The SMILES string of the molecule is C#CCOC1CCCCCC1N. The summed E-state index contributed by atoms with van der Waals surface area (Å²) in [7, 11) is 0. The summed E-state index contributed by atoms with van der Waals surface area (Å²) in [5.41, 5.74) is 5.93. The van der Waals surface area contributed by atoms with Crippen LogP contribution in [0.2, 0.25) is 0 Å². The van der Waals surface area contributed by atoms with Crippen molar-refractivity contribution in [3.05, 3.63) is 0 Å². The van der Waals surface area contributed by atoms with Crippen LogP contribution in [0.4, 0.5) is 0 Å². The molecule has 0 amide bonds. The summed E-state index contributed by atoms with van der Waals surface area (Å²) in [6, 6.07) is 0.195. The zero-order valence-electron chi connectivity index (χ0n) is 7.46. The number of hydrogen-bond acceptors (Lipinski definition) is 2. The van der Waals surface area contributed by atoms with Crippen molar-refractivity contribution in [1.82, 2.24) is 0 Å². The molecule has 0 spiro atoms. The Morgan fingerprint density at radius 1 is 1.33 bits per heavy atom. The van der Waals surface area contributed by atoms with Crippen molar-refractivity contribution in [3.63, 3.8) is 0 Å². The molecule has 2 unspecified atom stereocenters. The fourth-order valence-electron chi connectivity index (χ4n) is 1.66. The van der Waals surface area contributed by atoms with Crippen LogP contribution in [0.3, 0.4) is 0 Å². The van der Waals surface area contributed by atoms with Gasteiger partial charge in [-0.1, -0.05) is 25.2 Å². The zero-order valence-corrected chi connectivity index (χ0v) is 7.46. The van der Waals surface area contributed by atoms with Gasteiger partial charge >= 0.3 is 0 Å². The molecular weight excluding hydrogens is 150 g/mol. The van der Waals surface area contributed by atoms with Crippen LogP contribution in [-0.4, -0.2) is 18.8 Å². The maximum atomic E-state index is 5.93. The third-order valence-electron chi connectivity index (χ3n) is 2.38. The molecule has 0 saturated heterocycles. The van der Waals surface area contributed by atoms with E-state index in [1.54, 1.807) is 0 Å². The smallest absolute Gasteiger partial charge is 0.107 e. The van der Waals surface area contributed by atoms with Gasteiger partial charge in [0.1, 0.15) is 6.61 Å². The molecule has 1 fully saturated rings. The number of ether oxygens (including phenoxy) is 1. The van der Waals surface area contributed by atoms with Crippen LogP contribution >= 0.6 is 0 Å². The fraction of sp³-hybridized carbons (Fsp3) is 0.800. The molecule has 1 saturated carbocycles. The molecule has 0 aromatic heterocycles. The second kappa shape index (κ2) is 5.18. The average Bonchev–Trinajstić information content (AvgIpc) is 2.27. The van der Waals surface area contributed by atoms with Crippen LogP contribution < -0.4 is 5.73 Å². The van der Waals surface area contributed by atoms with E-state index in [1.165, 1.54) is 19.3 Å². The highest BCUT2D eigenvalue weighted by atomic mass is 16.5. The highest BCUT2D eigenvalue weighted by Crippen LogP contribution is 2.18. The Kier molecular flexibility index (Phi) is 4.13. The third kappa shape index (κ3) is 2.84. The van der Waals surface area contributed by atoms with E-state index in [0.717, 1.165) is 12.8 Å². The molecule has 1 rings (SSSR count). The van der Waals surface area contributed by atoms with Gasteiger partial charge in [-0.2, -0.15) is 0 Å². The summed E-state index contributed by atoms with van der Waals surface area (Å²) >= 11 is 0. The van der Waals surface area contributed by atoms with Crippen LogP contribution in [0.1, 0.15) is 32.1 Å². The van der Waals surface area contributed by atoms with Crippen molar-refractivity contribution in [3.8, 4) is 12.3 Å². The van der Waals surface area contributed by atoms with Crippen LogP contribution in [0.5, 0.6) is 0 Å². The minimum absolute atomic E-state index is 0.195. The van der Waals surface area contributed by atoms with Gasteiger partial charge in [0.15, 0.2) is 0 Å². The molecule has 0 heterocycles. The first-order valence-corrected chi connectivity index (χ1v) is 4.65. The number of rotatable bonds is 2. The first-order valence-electron chi connectivity index (χ1n) is 4.65. The summed E-state index contributed by atoms with van der Waals surface area (Å²) in [6.45, 7) is 0.401. The number of nitrogens with two attached hydrogens (primary N) is 1. The molecule has 1 aliphatic rings. The lowest BCUT2D eigenvalue weighted by molar-refractivity contribution is 0.0532. The van der Waals surface area contributed by atoms with Gasteiger partial charge in [0.2, 0.25) is 0 Å². The van der Waals surface area contributed by atoms with Gasteiger partial charge in [-0.05, 0) is 12.8 Å². The van der Waals surface area contributed by atoms with E-state index in [-0.39, 0.29) is 12.1 Å². The van der Waals surface area contributed by atoms with Gasteiger partial charge in [0, 0.05) is 6.04 Å². The van der Waals surface area contributed by atoms with Gasteiger partial charge in [-0.3, -0.25) is 0 Å². The van der Waals surface area contributed by atoms with E-state index in [0.29, 0.717) is 6.61 Å². The second-order valence-electron chi connectivity index (χ2n) is 3.36. The molecule has 2 nitrogen and oxygen atoms in total. The molecule has 2 heteroatoms. The lowest BCUT2D eigenvalue weighted by Crippen LogP contribution is -2.35. The number of terminal acetylenes is 1. The minimum atomic E-state index is 0.195. The van der Waals surface area contributed by atoms with E-state index in [9.17, 15) is 0 Å². The Balaban J connectivity index is 2.32. The van der Waals surface area contributed by atoms with Crippen molar-refractivity contribution in [1.29, 1.82) is 0 Å². The van der Waals surface area contributed by atoms with Crippen molar-refractivity contribution in [2.45, 2.75) is 44.2 Å². The monoisotopic (exact) mass is 167 g/mol. The largest absolute Gasteiger partial charge is 0.364 e. The third-order valence-corrected chi connectivity index (χ3v) is 2.38. The lowest BCUT2D eigenvalue weighted by atomic mass is 10.1. The summed E-state index contributed by atoms with van der Waals surface area (Å²) in [5.74, 6) is 2.48. The fourth-order valence-corrected chi connectivity index (χ4v) is 1.66. The van der Waals surface area contributed by atoms with Crippen LogP contribution in [-0.2, 0) is 4.74 Å². The van der Waals surface area contributed by atoms with E-state index in [1.807, 2.05) is 0 Å². The molecule has 1 aliphatic carbocycles. The van der Waals surface area contributed by atoms with E-state index < -0.39 is 0 Å². The predicted molar refractivity (Wildman–Crippen MR) is 49.6 cm³/mol. The number of hydrogen-bond donors (Lipinski definition) is 1. The Bertz CT molecular complexity index is 162. The summed E-state index contributed by atoms with van der Waals surface area (Å²) in [5, 5.41) is 0.